The van der Waals surface area contributed by atoms with Gasteiger partial charge in [-0.3, -0.25) is 14.6 Å². The normalized spacial score (nSPS) is 15.8. The summed E-state index contributed by atoms with van der Waals surface area (Å²) in [6.45, 7) is 4.20. The Hall–Kier alpha value is -2.05. The number of hydrogen-bond acceptors (Lipinski definition) is 5. The molecule has 0 N–H and O–H groups in total. The second-order valence-corrected chi connectivity index (χ2v) is 7.87. The number of nitrogens with zero attached hydrogens (tertiary/aromatic N) is 3. The molecule has 5 nitrogen and oxygen atoms in total. The van der Waals surface area contributed by atoms with Gasteiger partial charge in [0.1, 0.15) is 0 Å². The molecule has 26 heavy (non-hydrogen) atoms. The zero-order valence-electron chi connectivity index (χ0n) is 15.4. The lowest BCUT2D eigenvalue weighted by molar-refractivity contribution is -0.134. The van der Waals surface area contributed by atoms with Crippen molar-refractivity contribution in [3.63, 3.8) is 0 Å². The first-order valence-corrected chi connectivity index (χ1v) is 9.86. The Labute approximate surface area is 158 Å². The Morgan fingerprint density at radius 3 is 2.54 bits per heavy atom. The van der Waals surface area contributed by atoms with Crippen LogP contribution in [0.3, 0.4) is 0 Å². The smallest absolute Gasteiger partial charge is 0.227 e. The molecular weight excluding hydrogens is 346 g/mol. The molecule has 1 aliphatic heterocycles. The Bertz CT molecular complexity index is 751. The van der Waals surface area contributed by atoms with Gasteiger partial charge in [0.25, 0.3) is 0 Å². The summed E-state index contributed by atoms with van der Waals surface area (Å²) in [5.74, 6) is 0.182. The van der Waals surface area contributed by atoms with E-state index in [9.17, 15) is 9.59 Å². The highest BCUT2D eigenvalue weighted by molar-refractivity contribution is 7.12. The van der Waals surface area contributed by atoms with Crippen molar-refractivity contribution in [2.75, 3.05) is 20.1 Å². The van der Waals surface area contributed by atoms with Crippen LogP contribution in [0.25, 0.3) is 0 Å². The average Bonchev–Trinajstić information content (AvgIpc) is 3.10. The zero-order valence-corrected chi connectivity index (χ0v) is 16.2. The van der Waals surface area contributed by atoms with Crippen molar-refractivity contribution in [2.45, 2.75) is 38.8 Å². The molecule has 3 rings (SSSR count). The van der Waals surface area contributed by atoms with Crippen molar-refractivity contribution in [1.29, 1.82) is 0 Å². The molecule has 0 atom stereocenters. The highest BCUT2D eigenvalue weighted by Crippen LogP contribution is 2.21. The van der Waals surface area contributed by atoms with Gasteiger partial charge in [0, 0.05) is 25.0 Å². The van der Waals surface area contributed by atoms with Crippen LogP contribution in [-0.2, 0) is 17.8 Å². The molecular formula is C20H25N3O2S. The SMILES string of the molecule is CC(=O)c1cc(CC(=O)N(Cc2ccncc2)C2CCN(C)CC2)cs1. The Kier molecular flexibility index (Phi) is 6.16. The average molecular weight is 372 g/mol. The van der Waals surface area contributed by atoms with Crippen LogP contribution in [0.2, 0.25) is 0 Å². The van der Waals surface area contributed by atoms with E-state index in [0.717, 1.165) is 37.1 Å². The summed E-state index contributed by atoms with van der Waals surface area (Å²) in [5.41, 5.74) is 2.03. The van der Waals surface area contributed by atoms with Crippen LogP contribution in [0.5, 0.6) is 0 Å². The third-order valence-corrected chi connectivity index (χ3v) is 5.99. The number of amides is 1. The molecule has 138 valence electrons. The lowest BCUT2D eigenvalue weighted by atomic mass is 10.0. The van der Waals surface area contributed by atoms with Gasteiger partial charge in [0.15, 0.2) is 5.78 Å². The highest BCUT2D eigenvalue weighted by atomic mass is 32.1. The topological polar surface area (TPSA) is 53.5 Å². The molecule has 0 aromatic carbocycles. The molecule has 0 spiro atoms. The summed E-state index contributed by atoms with van der Waals surface area (Å²) in [4.78, 5) is 33.7. The van der Waals surface area contributed by atoms with Gasteiger partial charge in [0.05, 0.1) is 11.3 Å². The van der Waals surface area contributed by atoms with Crippen molar-refractivity contribution >= 4 is 23.0 Å². The largest absolute Gasteiger partial charge is 0.335 e. The summed E-state index contributed by atoms with van der Waals surface area (Å²) in [7, 11) is 2.12. The van der Waals surface area contributed by atoms with Crippen LogP contribution in [0.1, 0.15) is 40.6 Å². The lowest BCUT2D eigenvalue weighted by Crippen LogP contribution is -2.46. The number of Topliss-reactive ketones (excluding diaryl/α,β-unsaturated/α-hetero) is 1. The van der Waals surface area contributed by atoms with E-state index in [2.05, 4.69) is 16.9 Å². The first kappa shape index (κ1) is 18.7. The summed E-state index contributed by atoms with van der Waals surface area (Å²) in [6.07, 6.45) is 5.88. The maximum atomic E-state index is 13.1. The number of carbonyl (C=O) groups is 2. The molecule has 2 aromatic heterocycles. The van der Waals surface area contributed by atoms with Gasteiger partial charge in [0.2, 0.25) is 5.91 Å². The first-order chi connectivity index (χ1) is 12.5. The monoisotopic (exact) mass is 371 g/mol. The van der Waals surface area contributed by atoms with E-state index in [0.29, 0.717) is 17.8 Å². The molecule has 1 fully saturated rings. The number of carbonyl (C=O) groups excluding carboxylic acids is 2. The standard InChI is InChI=1S/C20H25N3O2S/c1-15(24)19-11-17(14-26-19)12-20(25)23(13-16-3-7-21-8-4-16)18-5-9-22(2)10-6-18/h3-4,7-8,11,14,18H,5-6,9-10,12-13H2,1-2H3. The van der Waals surface area contributed by atoms with Crippen LogP contribution in [-0.4, -0.2) is 52.7 Å². The van der Waals surface area contributed by atoms with E-state index >= 15 is 0 Å². The molecule has 1 aliphatic rings. The lowest BCUT2D eigenvalue weighted by Gasteiger charge is -2.37. The van der Waals surface area contributed by atoms with E-state index < -0.39 is 0 Å². The molecule has 0 unspecified atom stereocenters. The molecule has 0 aliphatic carbocycles. The number of pyridine rings is 1. The van der Waals surface area contributed by atoms with Crippen LogP contribution in [0, 0.1) is 0 Å². The fraction of sp³-hybridized carbons (Fsp3) is 0.450. The quantitative estimate of drug-likeness (QED) is 0.733. The number of thiophene rings is 1. The van der Waals surface area contributed by atoms with Crippen molar-refractivity contribution in [2.24, 2.45) is 0 Å². The number of aromatic nitrogens is 1. The fourth-order valence-corrected chi connectivity index (χ4v) is 4.16. The molecule has 0 bridgehead atoms. The molecule has 3 heterocycles. The first-order valence-electron chi connectivity index (χ1n) is 8.98. The Morgan fingerprint density at radius 1 is 1.23 bits per heavy atom. The second kappa shape index (κ2) is 8.56. The van der Waals surface area contributed by atoms with Crippen molar-refractivity contribution in [1.82, 2.24) is 14.8 Å². The van der Waals surface area contributed by atoms with Gasteiger partial charge in [-0.15, -0.1) is 11.3 Å². The van der Waals surface area contributed by atoms with Gasteiger partial charge in [-0.05, 0) is 74.6 Å². The van der Waals surface area contributed by atoms with Crippen LogP contribution in [0.4, 0.5) is 0 Å². The predicted molar refractivity (Wildman–Crippen MR) is 103 cm³/mol. The maximum Gasteiger partial charge on any atom is 0.227 e. The van der Waals surface area contributed by atoms with Gasteiger partial charge >= 0.3 is 0 Å². The van der Waals surface area contributed by atoms with Gasteiger partial charge in [-0.2, -0.15) is 0 Å². The Balaban J connectivity index is 1.74. The Morgan fingerprint density at radius 2 is 1.92 bits per heavy atom. The minimum atomic E-state index is 0.0534. The van der Waals surface area contributed by atoms with Crippen LogP contribution in [0.15, 0.2) is 36.0 Å². The fourth-order valence-electron chi connectivity index (χ4n) is 3.34. The van der Waals surface area contributed by atoms with Gasteiger partial charge in [-0.1, -0.05) is 0 Å². The molecule has 0 radical (unpaired) electrons. The molecule has 2 aromatic rings. The van der Waals surface area contributed by atoms with Gasteiger partial charge < -0.3 is 9.80 Å². The van der Waals surface area contributed by atoms with Crippen LogP contribution >= 0.6 is 11.3 Å². The van der Waals surface area contributed by atoms with Crippen molar-refractivity contribution < 1.29 is 9.59 Å². The van der Waals surface area contributed by atoms with Gasteiger partial charge in [-0.25, -0.2) is 0 Å². The third-order valence-electron chi connectivity index (χ3n) is 4.91. The third kappa shape index (κ3) is 4.77. The zero-order chi connectivity index (χ0) is 18.5. The summed E-state index contributed by atoms with van der Waals surface area (Å²) < 4.78 is 0. The summed E-state index contributed by atoms with van der Waals surface area (Å²) in [5, 5.41) is 1.92. The predicted octanol–water partition coefficient (Wildman–Crippen LogP) is 3.01. The van der Waals surface area contributed by atoms with E-state index in [-0.39, 0.29) is 17.7 Å². The van der Waals surface area contributed by atoms with E-state index in [1.165, 1.54) is 11.3 Å². The van der Waals surface area contributed by atoms with E-state index in [1.807, 2.05) is 28.5 Å². The van der Waals surface area contributed by atoms with Crippen LogP contribution < -0.4 is 0 Å². The number of rotatable bonds is 6. The molecule has 1 saturated heterocycles. The molecule has 0 saturated carbocycles. The molecule has 6 heteroatoms. The number of hydrogen-bond donors (Lipinski definition) is 0. The van der Waals surface area contributed by atoms with E-state index in [4.69, 9.17) is 0 Å². The second-order valence-electron chi connectivity index (χ2n) is 6.96. The highest BCUT2D eigenvalue weighted by Gasteiger charge is 2.27. The minimum Gasteiger partial charge on any atom is -0.335 e. The number of likely N-dealkylation sites (tertiary alicyclic amines) is 1. The maximum absolute atomic E-state index is 13.1. The van der Waals surface area contributed by atoms with Crippen molar-refractivity contribution in [3.8, 4) is 0 Å². The number of piperidine rings is 1. The molecule has 1 amide bonds. The van der Waals surface area contributed by atoms with Crippen molar-refractivity contribution in [3.05, 3.63) is 52.0 Å². The summed E-state index contributed by atoms with van der Waals surface area (Å²) >= 11 is 1.42. The summed E-state index contributed by atoms with van der Waals surface area (Å²) in [6, 6.07) is 6.05. The number of ketones is 1. The van der Waals surface area contributed by atoms with E-state index in [1.54, 1.807) is 19.3 Å². The minimum absolute atomic E-state index is 0.0534.